The number of nitrogens with one attached hydrogen (secondary N) is 2. The SMILES string of the molecule is CSCC[C@H](NC(=O)c1ccccc1Cl)C(=O)NC[C@H](c1cccs1)N(C)C. The van der Waals surface area contributed by atoms with Gasteiger partial charge in [0.25, 0.3) is 5.91 Å². The highest BCUT2D eigenvalue weighted by Crippen LogP contribution is 2.22. The van der Waals surface area contributed by atoms with Gasteiger partial charge in [-0.2, -0.15) is 11.8 Å². The maximum atomic E-state index is 12.8. The highest BCUT2D eigenvalue weighted by molar-refractivity contribution is 7.98. The van der Waals surface area contributed by atoms with E-state index in [-0.39, 0.29) is 17.9 Å². The lowest BCUT2D eigenvalue weighted by Crippen LogP contribution is -2.48. The third kappa shape index (κ3) is 6.51. The molecule has 2 N–H and O–H groups in total. The Morgan fingerprint density at radius 2 is 1.96 bits per heavy atom. The van der Waals surface area contributed by atoms with Crippen LogP contribution < -0.4 is 10.6 Å². The molecular weight excluding hydrogens is 414 g/mol. The van der Waals surface area contributed by atoms with Crippen LogP contribution >= 0.6 is 34.7 Å². The molecule has 0 fully saturated rings. The molecule has 0 saturated carbocycles. The van der Waals surface area contributed by atoms with Gasteiger partial charge in [0.2, 0.25) is 5.91 Å². The van der Waals surface area contributed by atoms with Gasteiger partial charge in [0.1, 0.15) is 6.04 Å². The summed E-state index contributed by atoms with van der Waals surface area (Å²) in [5.41, 5.74) is 0.371. The number of thioether (sulfide) groups is 1. The van der Waals surface area contributed by atoms with E-state index in [4.69, 9.17) is 11.6 Å². The van der Waals surface area contributed by atoms with Crippen molar-refractivity contribution in [2.24, 2.45) is 0 Å². The first-order chi connectivity index (χ1) is 13.4. The number of halogens is 1. The Labute approximate surface area is 179 Å². The van der Waals surface area contributed by atoms with Gasteiger partial charge in [-0.25, -0.2) is 0 Å². The average Bonchev–Trinajstić information content (AvgIpc) is 3.19. The molecule has 28 heavy (non-hydrogen) atoms. The molecule has 2 rings (SSSR count). The highest BCUT2D eigenvalue weighted by Gasteiger charge is 2.24. The Morgan fingerprint density at radius 1 is 1.21 bits per heavy atom. The molecule has 1 aromatic heterocycles. The van der Waals surface area contributed by atoms with Gasteiger partial charge in [-0.05, 0) is 56.1 Å². The fourth-order valence-electron chi connectivity index (χ4n) is 2.72. The van der Waals surface area contributed by atoms with E-state index in [1.54, 1.807) is 47.4 Å². The molecule has 0 spiro atoms. The molecule has 152 valence electrons. The number of amides is 2. The normalized spacial score (nSPS) is 13.2. The van der Waals surface area contributed by atoms with Crippen molar-refractivity contribution < 1.29 is 9.59 Å². The summed E-state index contributed by atoms with van der Waals surface area (Å²) in [7, 11) is 3.97. The zero-order chi connectivity index (χ0) is 20.5. The topological polar surface area (TPSA) is 61.4 Å². The number of rotatable bonds is 10. The van der Waals surface area contributed by atoms with Crippen LogP contribution in [0.5, 0.6) is 0 Å². The maximum absolute atomic E-state index is 12.8. The molecule has 8 heteroatoms. The molecule has 0 aliphatic rings. The average molecular weight is 440 g/mol. The third-order valence-corrected chi connectivity index (χ3v) is 6.26. The fourth-order valence-corrected chi connectivity index (χ4v) is 4.34. The van der Waals surface area contributed by atoms with Crippen molar-refractivity contribution in [1.29, 1.82) is 0 Å². The first-order valence-electron chi connectivity index (χ1n) is 8.96. The number of carbonyl (C=O) groups is 2. The minimum Gasteiger partial charge on any atom is -0.352 e. The van der Waals surface area contributed by atoms with Crippen LogP contribution in [0, 0.1) is 0 Å². The summed E-state index contributed by atoms with van der Waals surface area (Å²) >= 11 is 9.41. The quantitative estimate of drug-likeness (QED) is 0.593. The first kappa shape index (κ1) is 22.7. The number of thiophene rings is 1. The van der Waals surface area contributed by atoms with Gasteiger partial charge >= 0.3 is 0 Å². The monoisotopic (exact) mass is 439 g/mol. The Balaban J connectivity index is 2.03. The molecule has 0 aliphatic heterocycles. The van der Waals surface area contributed by atoms with Crippen molar-refractivity contribution in [2.45, 2.75) is 18.5 Å². The van der Waals surface area contributed by atoms with Crippen molar-refractivity contribution in [3.8, 4) is 0 Å². The molecular formula is C20H26ClN3O2S2. The van der Waals surface area contributed by atoms with Crippen LogP contribution in [-0.4, -0.2) is 55.4 Å². The summed E-state index contributed by atoms with van der Waals surface area (Å²) in [6, 6.07) is 10.4. The van der Waals surface area contributed by atoms with Gasteiger partial charge < -0.3 is 15.5 Å². The van der Waals surface area contributed by atoms with Crippen LogP contribution in [0.15, 0.2) is 41.8 Å². The molecule has 5 nitrogen and oxygen atoms in total. The second kappa shape index (κ2) is 11.5. The molecule has 1 aromatic carbocycles. The second-order valence-corrected chi connectivity index (χ2v) is 8.90. The number of hydrogen-bond donors (Lipinski definition) is 2. The second-order valence-electron chi connectivity index (χ2n) is 6.53. The molecule has 2 amide bonds. The predicted octanol–water partition coefficient (Wildman–Crippen LogP) is 3.67. The minimum atomic E-state index is -0.609. The summed E-state index contributed by atoms with van der Waals surface area (Å²) in [4.78, 5) is 28.7. The Bertz CT molecular complexity index is 769. The van der Waals surface area contributed by atoms with Crippen LogP contribution in [0.1, 0.15) is 27.7 Å². The van der Waals surface area contributed by atoms with Crippen molar-refractivity contribution >= 4 is 46.5 Å². The molecule has 0 radical (unpaired) electrons. The largest absolute Gasteiger partial charge is 0.352 e. The van der Waals surface area contributed by atoms with Gasteiger partial charge in [0.05, 0.1) is 16.6 Å². The Morgan fingerprint density at radius 3 is 2.57 bits per heavy atom. The van der Waals surface area contributed by atoms with Gasteiger partial charge in [-0.3, -0.25) is 9.59 Å². The minimum absolute atomic E-state index is 0.0874. The van der Waals surface area contributed by atoms with Crippen LogP contribution in [-0.2, 0) is 4.79 Å². The summed E-state index contributed by atoms with van der Waals surface area (Å²) < 4.78 is 0. The Kier molecular flexibility index (Phi) is 9.31. The lowest BCUT2D eigenvalue weighted by atomic mass is 10.1. The molecule has 0 unspecified atom stereocenters. The molecule has 2 atom stereocenters. The standard InChI is InChI=1S/C20H26ClN3O2S2/c1-24(2)17(18-9-6-11-28-18)13-22-20(26)16(10-12-27-3)23-19(25)14-7-4-5-8-15(14)21/h4-9,11,16-17H,10,12-13H2,1-3H3,(H,22,26)(H,23,25)/t16-,17+/m0/s1. The van der Waals surface area contributed by atoms with Gasteiger partial charge in [0, 0.05) is 11.4 Å². The zero-order valence-electron chi connectivity index (χ0n) is 16.3. The van der Waals surface area contributed by atoms with E-state index >= 15 is 0 Å². The van der Waals surface area contributed by atoms with E-state index in [1.165, 1.54) is 4.88 Å². The van der Waals surface area contributed by atoms with Crippen molar-refractivity contribution in [1.82, 2.24) is 15.5 Å². The Hall–Kier alpha value is -1.54. The molecule has 0 aliphatic carbocycles. The smallest absolute Gasteiger partial charge is 0.253 e. The lowest BCUT2D eigenvalue weighted by molar-refractivity contribution is -0.123. The summed E-state index contributed by atoms with van der Waals surface area (Å²) in [5, 5.41) is 8.23. The van der Waals surface area contributed by atoms with Gasteiger partial charge in [-0.15, -0.1) is 11.3 Å². The maximum Gasteiger partial charge on any atom is 0.253 e. The van der Waals surface area contributed by atoms with Crippen LogP contribution in [0.25, 0.3) is 0 Å². The van der Waals surface area contributed by atoms with Crippen molar-refractivity contribution in [3.63, 3.8) is 0 Å². The first-order valence-corrected chi connectivity index (χ1v) is 11.6. The van der Waals surface area contributed by atoms with E-state index in [0.717, 1.165) is 5.75 Å². The number of carbonyl (C=O) groups excluding carboxylic acids is 2. The van der Waals surface area contributed by atoms with Crippen LogP contribution in [0.3, 0.4) is 0 Å². The molecule has 0 bridgehead atoms. The molecule has 1 heterocycles. The predicted molar refractivity (Wildman–Crippen MR) is 119 cm³/mol. The van der Waals surface area contributed by atoms with E-state index in [1.807, 2.05) is 31.8 Å². The number of nitrogens with zero attached hydrogens (tertiary/aromatic N) is 1. The summed E-state index contributed by atoms with van der Waals surface area (Å²) in [6.07, 6.45) is 2.53. The number of hydrogen-bond acceptors (Lipinski definition) is 5. The van der Waals surface area contributed by atoms with Crippen LogP contribution in [0.4, 0.5) is 0 Å². The van der Waals surface area contributed by atoms with E-state index in [9.17, 15) is 9.59 Å². The number of benzene rings is 1. The van der Waals surface area contributed by atoms with Gasteiger partial charge in [-0.1, -0.05) is 29.8 Å². The van der Waals surface area contributed by atoms with Crippen molar-refractivity contribution in [3.05, 3.63) is 57.2 Å². The highest BCUT2D eigenvalue weighted by atomic mass is 35.5. The summed E-state index contributed by atoms with van der Waals surface area (Å²) in [5.74, 6) is 0.246. The molecule has 2 aromatic rings. The van der Waals surface area contributed by atoms with Gasteiger partial charge in [0.15, 0.2) is 0 Å². The summed E-state index contributed by atoms with van der Waals surface area (Å²) in [6.45, 7) is 0.476. The zero-order valence-corrected chi connectivity index (χ0v) is 18.7. The fraction of sp³-hybridized carbons (Fsp3) is 0.400. The van der Waals surface area contributed by atoms with Crippen molar-refractivity contribution in [2.75, 3.05) is 32.6 Å². The molecule has 0 saturated heterocycles. The van der Waals surface area contributed by atoms with E-state index < -0.39 is 6.04 Å². The van der Waals surface area contributed by atoms with Crippen LogP contribution in [0.2, 0.25) is 5.02 Å². The van der Waals surface area contributed by atoms with E-state index in [0.29, 0.717) is 23.6 Å². The van der Waals surface area contributed by atoms with E-state index in [2.05, 4.69) is 21.6 Å². The number of likely N-dealkylation sites (N-methyl/N-ethyl adjacent to an activating group) is 1. The third-order valence-electron chi connectivity index (χ3n) is 4.32. The lowest BCUT2D eigenvalue weighted by Gasteiger charge is -2.25.